The Labute approximate surface area is 116 Å². The molecule has 2 aromatic rings. The number of thiazole rings is 1. The molecule has 0 spiro atoms. The van der Waals surface area contributed by atoms with E-state index in [0.717, 1.165) is 17.8 Å². The quantitative estimate of drug-likeness (QED) is 0.851. The van der Waals surface area contributed by atoms with Gasteiger partial charge in [0.15, 0.2) is 0 Å². The number of anilines is 1. The van der Waals surface area contributed by atoms with Gasteiger partial charge in [-0.25, -0.2) is 0 Å². The molecule has 19 heavy (non-hydrogen) atoms. The van der Waals surface area contributed by atoms with Crippen LogP contribution in [0, 0.1) is 0 Å². The zero-order chi connectivity index (χ0) is 13.5. The van der Waals surface area contributed by atoms with Crippen molar-refractivity contribution in [3.05, 3.63) is 46.4 Å². The van der Waals surface area contributed by atoms with E-state index in [4.69, 9.17) is 0 Å². The first kappa shape index (κ1) is 13.5. The van der Waals surface area contributed by atoms with Crippen LogP contribution in [0.15, 0.2) is 36.0 Å². The Bertz CT molecular complexity index is 508. The summed E-state index contributed by atoms with van der Waals surface area (Å²) in [6.07, 6.45) is 2.30. The van der Waals surface area contributed by atoms with Crippen molar-refractivity contribution < 1.29 is 4.79 Å². The van der Waals surface area contributed by atoms with E-state index in [1.54, 1.807) is 11.3 Å². The van der Waals surface area contributed by atoms with E-state index in [0.29, 0.717) is 13.0 Å². The van der Waals surface area contributed by atoms with Crippen molar-refractivity contribution in [3.63, 3.8) is 0 Å². The minimum absolute atomic E-state index is 0.0628. The number of nitrogens with one attached hydrogen (secondary N) is 2. The summed E-state index contributed by atoms with van der Waals surface area (Å²) in [5.74, 6) is 0.0628. The third-order valence-electron chi connectivity index (χ3n) is 2.64. The molecule has 0 aliphatic heterocycles. The van der Waals surface area contributed by atoms with Crippen LogP contribution in [0.1, 0.15) is 17.4 Å². The highest BCUT2D eigenvalue weighted by molar-refractivity contribution is 7.09. The fraction of sp³-hybridized carbons (Fsp3) is 0.286. The van der Waals surface area contributed by atoms with Gasteiger partial charge in [-0.05, 0) is 24.6 Å². The lowest BCUT2D eigenvalue weighted by Gasteiger charge is -2.06. The third-order valence-corrected chi connectivity index (χ3v) is 3.42. The van der Waals surface area contributed by atoms with Crippen LogP contribution in [0.4, 0.5) is 5.69 Å². The van der Waals surface area contributed by atoms with Gasteiger partial charge in [-0.15, -0.1) is 11.3 Å². The molecule has 0 bridgehead atoms. The smallest absolute Gasteiger partial charge is 0.224 e. The van der Waals surface area contributed by atoms with Crippen LogP contribution >= 0.6 is 11.3 Å². The summed E-state index contributed by atoms with van der Waals surface area (Å²) >= 11 is 1.63. The van der Waals surface area contributed by atoms with Crippen molar-refractivity contribution in [3.8, 4) is 0 Å². The molecule has 1 amide bonds. The molecule has 1 aromatic heterocycles. The minimum Gasteiger partial charge on any atom is -0.380 e. The molecule has 4 nitrogen and oxygen atoms in total. The summed E-state index contributed by atoms with van der Waals surface area (Å²) in [7, 11) is 0. The van der Waals surface area contributed by atoms with E-state index in [1.807, 2.05) is 42.9 Å². The second-order valence-electron chi connectivity index (χ2n) is 4.15. The van der Waals surface area contributed by atoms with Crippen LogP contribution < -0.4 is 10.6 Å². The summed E-state index contributed by atoms with van der Waals surface area (Å²) in [4.78, 5) is 16.7. The maximum absolute atomic E-state index is 11.4. The number of nitrogens with zero attached hydrogens (tertiary/aromatic N) is 1. The molecule has 0 atom stereocenters. The maximum atomic E-state index is 11.4. The largest absolute Gasteiger partial charge is 0.380 e. The summed E-state index contributed by atoms with van der Waals surface area (Å²) in [5, 5.41) is 6.11. The van der Waals surface area contributed by atoms with Crippen LogP contribution in [-0.2, 0) is 17.8 Å². The van der Waals surface area contributed by atoms with Crippen LogP contribution in [-0.4, -0.2) is 17.4 Å². The number of likely N-dealkylation sites (N-methyl/N-ethyl adjacent to an activating group) is 1. The number of aromatic nitrogens is 1. The molecule has 0 fully saturated rings. The predicted molar refractivity (Wildman–Crippen MR) is 78.3 cm³/mol. The predicted octanol–water partition coefficient (Wildman–Crippen LogP) is 2.43. The molecule has 0 aliphatic rings. The van der Waals surface area contributed by atoms with E-state index in [9.17, 15) is 4.79 Å². The fourth-order valence-electron chi connectivity index (χ4n) is 1.70. The molecule has 0 unspecified atom stereocenters. The van der Waals surface area contributed by atoms with Crippen molar-refractivity contribution in [2.45, 2.75) is 19.9 Å². The number of hydrogen-bond donors (Lipinski definition) is 2. The molecule has 0 saturated carbocycles. The van der Waals surface area contributed by atoms with E-state index in [1.165, 1.54) is 4.88 Å². The van der Waals surface area contributed by atoms with Crippen molar-refractivity contribution in [1.29, 1.82) is 0 Å². The first-order valence-electron chi connectivity index (χ1n) is 6.25. The van der Waals surface area contributed by atoms with Gasteiger partial charge in [0.1, 0.15) is 0 Å². The molecular weight excluding hydrogens is 258 g/mol. The molecule has 0 saturated heterocycles. The first-order valence-corrected chi connectivity index (χ1v) is 7.12. The number of rotatable bonds is 6. The SMILES string of the molecule is CCNC(=O)Cc1ccc(NCc2cncs2)cc1. The number of carbonyl (C=O) groups excluding carboxylic acids is 1. The summed E-state index contributed by atoms with van der Waals surface area (Å²) in [5.41, 5.74) is 3.90. The van der Waals surface area contributed by atoms with E-state index in [2.05, 4.69) is 15.6 Å². The van der Waals surface area contributed by atoms with Crippen molar-refractivity contribution in [2.24, 2.45) is 0 Å². The van der Waals surface area contributed by atoms with E-state index < -0.39 is 0 Å². The molecule has 2 rings (SSSR count). The summed E-state index contributed by atoms with van der Waals surface area (Å²) in [6.45, 7) is 3.37. The molecule has 100 valence electrons. The van der Waals surface area contributed by atoms with E-state index >= 15 is 0 Å². The summed E-state index contributed by atoms with van der Waals surface area (Å²) < 4.78 is 0. The number of amides is 1. The summed E-state index contributed by atoms with van der Waals surface area (Å²) in [6, 6.07) is 7.94. The lowest BCUT2D eigenvalue weighted by Crippen LogP contribution is -2.24. The lowest BCUT2D eigenvalue weighted by atomic mass is 10.1. The Morgan fingerprint density at radius 2 is 2.11 bits per heavy atom. The zero-order valence-electron chi connectivity index (χ0n) is 10.8. The van der Waals surface area contributed by atoms with Gasteiger partial charge in [0.2, 0.25) is 5.91 Å². The fourth-order valence-corrected chi connectivity index (χ4v) is 2.24. The zero-order valence-corrected chi connectivity index (χ0v) is 11.7. The number of carbonyl (C=O) groups is 1. The van der Waals surface area contributed by atoms with Gasteiger partial charge in [0.25, 0.3) is 0 Å². The van der Waals surface area contributed by atoms with Crippen molar-refractivity contribution in [2.75, 3.05) is 11.9 Å². The third kappa shape index (κ3) is 4.37. The monoisotopic (exact) mass is 275 g/mol. The van der Waals surface area contributed by atoms with Gasteiger partial charge in [-0.1, -0.05) is 12.1 Å². The molecule has 5 heteroatoms. The van der Waals surface area contributed by atoms with Crippen LogP contribution in [0.5, 0.6) is 0 Å². The molecule has 1 heterocycles. The maximum Gasteiger partial charge on any atom is 0.224 e. The second kappa shape index (κ2) is 6.89. The van der Waals surface area contributed by atoms with Crippen LogP contribution in [0.3, 0.4) is 0 Å². The topological polar surface area (TPSA) is 54.0 Å². The van der Waals surface area contributed by atoms with Crippen molar-refractivity contribution in [1.82, 2.24) is 10.3 Å². The van der Waals surface area contributed by atoms with Crippen LogP contribution in [0.25, 0.3) is 0 Å². The van der Waals surface area contributed by atoms with Gasteiger partial charge in [0, 0.05) is 23.3 Å². The van der Waals surface area contributed by atoms with Gasteiger partial charge in [-0.2, -0.15) is 0 Å². The van der Waals surface area contributed by atoms with Gasteiger partial charge < -0.3 is 10.6 Å². The Morgan fingerprint density at radius 3 is 2.74 bits per heavy atom. The highest BCUT2D eigenvalue weighted by Gasteiger charge is 2.02. The number of benzene rings is 1. The highest BCUT2D eigenvalue weighted by Crippen LogP contribution is 2.13. The second-order valence-corrected chi connectivity index (χ2v) is 5.12. The van der Waals surface area contributed by atoms with Crippen molar-refractivity contribution >= 4 is 22.9 Å². The Morgan fingerprint density at radius 1 is 1.32 bits per heavy atom. The molecule has 2 N–H and O–H groups in total. The van der Waals surface area contributed by atoms with E-state index in [-0.39, 0.29) is 5.91 Å². The Hall–Kier alpha value is -1.88. The Kier molecular flexibility index (Phi) is 4.92. The lowest BCUT2D eigenvalue weighted by molar-refractivity contribution is -0.120. The number of hydrogen-bond acceptors (Lipinski definition) is 4. The first-order chi connectivity index (χ1) is 9.28. The Balaban J connectivity index is 1.85. The molecule has 0 aliphatic carbocycles. The van der Waals surface area contributed by atoms with Gasteiger partial charge in [0.05, 0.1) is 18.5 Å². The van der Waals surface area contributed by atoms with Gasteiger partial charge in [-0.3, -0.25) is 9.78 Å². The molecule has 1 aromatic carbocycles. The molecular formula is C14H17N3OS. The minimum atomic E-state index is 0.0628. The average Bonchev–Trinajstić information content (AvgIpc) is 2.91. The van der Waals surface area contributed by atoms with Crippen LogP contribution in [0.2, 0.25) is 0 Å². The normalized spacial score (nSPS) is 10.2. The standard InChI is InChI=1S/C14H17N3OS/c1-2-16-14(18)7-11-3-5-12(6-4-11)17-9-13-8-15-10-19-13/h3-6,8,10,17H,2,7,9H2,1H3,(H,16,18). The molecule has 0 radical (unpaired) electrons. The van der Waals surface area contributed by atoms with Gasteiger partial charge >= 0.3 is 0 Å². The highest BCUT2D eigenvalue weighted by atomic mass is 32.1. The average molecular weight is 275 g/mol.